The van der Waals surface area contributed by atoms with Gasteiger partial charge in [-0.1, -0.05) is 11.3 Å². The van der Waals surface area contributed by atoms with Gasteiger partial charge in [0.2, 0.25) is 10.0 Å². The Morgan fingerprint density at radius 1 is 1.20 bits per heavy atom. The summed E-state index contributed by atoms with van der Waals surface area (Å²) >= 11 is 1.39. The molecule has 3 rings (SSSR count). The topological polar surface area (TPSA) is 81.0 Å². The first-order valence-electron chi connectivity index (χ1n) is 9.54. The van der Waals surface area contributed by atoms with Crippen molar-refractivity contribution in [2.75, 3.05) is 13.7 Å². The summed E-state index contributed by atoms with van der Waals surface area (Å²) < 4.78 is 34.8. The maximum absolute atomic E-state index is 12.7. The van der Waals surface area contributed by atoms with Crippen LogP contribution in [0, 0.1) is 0 Å². The summed E-state index contributed by atoms with van der Waals surface area (Å²) in [6.07, 6.45) is 0. The summed E-state index contributed by atoms with van der Waals surface area (Å²) in [6.45, 7) is 6.11. The smallest absolute Gasteiger partial charge is 0.279 e. The van der Waals surface area contributed by atoms with Gasteiger partial charge in [0.1, 0.15) is 5.75 Å². The fourth-order valence-electron chi connectivity index (χ4n) is 2.84. The molecule has 9 heteroatoms. The zero-order chi connectivity index (χ0) is 22.1. The van der Waals surface area contributed by atoms with Crippen molar-refractivity contribution in [1.29, 1.82) is 0 Å². The third-order valence-electron chi connectivity index (χ3n) is 4.79. The number of aryl methyl sites for hydroxylation is 1. The Morgan fingerprint density at radius 2 is 1.87 bits per heavy atom. The molecule has 0 unspecified atom stereocenters. The molecule has 0 saturated heterocycles. The van der Waals surface area contributed by atoms with Gasteiger partial charge in [-0.3, -0.25) is 4.79 Å². The number of sulfonamides is 1. The fraction of sp³-hybridized carbons (Fsp3) is 0.333. The average molecular weight is 448 g/mol. The molecule has 0 aliphatic rings. The van der Waals surface area contributed by atoms with E-state index in [0.29, 0.717) is 17.0 Å². The molecular weight excluding hydrogens is 422 g/mol. The molecule has 30 heavy (non-hydrogen) atoms. The van der Waals surface area contributed by atoms with Gasteiger partial charge in [0.15, 0.2) is 4.80 Å². The molecule has 0 aliphatic carbocycles. The van der Waals surface area contributed by atoms with E-state index in [0.717, 1.165) is 16.0 Å². The van der Waals surface area contributed by atoms with Gasteiger partial charge in [-0.15, -0.1) is 0 Å². The molecule has 7 nitrogen and oxygen atoms in total. The number of thiazole rings is 1. The van der Waals surface area contributed by atoms with E-state index in [-0.39, 0.29) is 10.9 Å². The van der Waals surface area contributed by atoms with E-state index < -0.39 is 15.9 Å². The number of hydrogen-bond acceptors (Lipinski definition) is 5. The normalized spacial score (nSPS) is 12.8. The van der Waals surface area contributed by atoms with E-state index in [1.54, 1.807) is 13.8 Å². The van der Waals surface area contributed by atoms with E-state index in [2.05, 4.69) is 4.99 Å². The van der Waals surface area contributed by atoms with Crippen molar-refractivity contribution in [2.45, 2.75) is 31.7 Å². The van der Waals surface area contributed by atoms with E-state index in [9.17, 15) is 13.2 Å². The summed E-state index contributed by atoms with van der Waals surface area (Å²) in [4.78, 5) is 17.6. The molecule has 2 aromatic carbocycles. The third kappa shape index (κ3) is 4.33. The number of aromatic nitrogens is 1. The van der Waals surface area contributed by atoms with Crippen LogP contribution in [0.3, 0.4) is 0 Å². The Kier molecular flexibility index (Phi) is 6.44. The molecule has 0 fully saturated rings. The van der Waals surface area contributed by atoms with Crippen molar-refractivity contribution < 1.29 is 17.9 Å². The first-order chi connectivity index (χ1) is 14.1. The summed E-state index contributed by atoms with van der Waals surface area (Å²) in [5.74, 6) is 0.344. The van der Waals surface area contributed by atoms with Gasteiger partial charge in [0, 0.05) is 25.7 Å². The first-order valence-corrected chi connectivity index (χ1v) is 11.8. The molecule has 1 aromatic heterocycles. The molecular formula is C21H25N3O4S2. The number of hydrogen-bond donors (Lipinski definition) is 0. The molecule has 0 spiro atoms. The Morgan fingerprint density at radius 3 is 2.47 bits per heavy atom. The fourth-order valence-corrected chi connectivity index (χ4v) is 5.25. The second kappa shape index (κ2) is 8.71. The highest BCUT2D eigenvalue weighted by atomic mass is 32.2. The van der Waals surface area contributed by atoms with Crippen molar-refractivity contribution in [1.82, 2.24) is 8.87 Å². The van der Waals surface area contributed by atoms with Crippen LogP contribution in [0.15, 0.2) is 52.4 Å². The van der Waals surface area contributed by atoms with Gasteiger partial charge in [0.25, 0.3) is 5.91 Å². The zero-order valence-corrected chi connectivity index (χ0v) is 19.3. The van der Waals surface area contributed by atoms with Crippen LogP contribution in [0.2, 0.25) is 0 Å². The van der Waals surface area contributed by atoms with Crippen molar-refractivity contribution >= 4 is 37.5 Å². The summed E-state index contributed by atoms with van der Waals surface area (Å²) in [5, 5.41) is 0. The number of ether oxygens (including phenoxy) is 1. The number of carbonyl (C=O) groups is 1. The van der Waals surface area contributed by atoms with Crippen LogP contribution in [0.5, 0.6) is 5.75 Å². The molecule has 0 bridgehead atoms. The van der Waals surface area contributed by atoms with Crippen molar-refractivity contribution in [3.8, 4) is 5.75 Å². The quantitative estimate of drug-likeness (QED) is 0.580. The molecule has 3 aromatic rings. The predicted octanol–water partition coefficient (Wildman–Crippen LogP) is 3.41. The minimum absolute atomic E-state index is 0.145. The summed E-state index contributed by atoms with van der Waals surface area (Å²) in [6, 6.07) is 11.5. The molecule has 1 amide bonds. The van der Waals surface area contributed by atoms with Crippen molar-refractivity contribution in [2.24, 2.45) is 12.0 Å². The molecule has 160 valence electrons. The van der Waals surface area contributed by atoms with Crippen LogP contribution in [0.25, 0.3) is 10.2 Å². The molecule has 0 N–H and O–H groups in total. The molecule has 0 aliphatic heterocycles. The van der Waals surface area contributed by atoms with Crippen LogP contribution in [0.1, 0.15) is 31.1 Å². The lowest BCUT2D eigenvalue weighted by Crippen LogP contribution is -2.33. The van der Waals surface area contributed by atoms with Crippen LogP contribution in [-0.2, 0) is 17.1 Å². The second-order valence-corrected chi connectivity index (χ2v) is 10.1. The van der Waals surface area contributed by atoms with Gasteiger partial charge < -0.3 is 9.30 Å². The number of rotatable bonds is 6. The number of carbonyl (C=O) groups excluding carboxylic acids is 1. The van der Waals surface area contributed by atoms with Crippen LogP contribution >= 0.6 is 11.3 Å². The van der Waals surface area contributed by atoms with Crippen molar-refractivity contribution in [3.05, 3.63) is 52.8 Å². The highest BCUT2D eigenvalue weighted by Crippen LogP contribution is 2.23. The van der Waals surface area contributed by atoms with E-state index >= 15 is 0 Å². The number of amides is 1. The Labute approximate surface area is 180 Å². The van der Waals surface area contributed by atoms with Crippen LogP contribution < -0.4 is 9.54 Å². The van der Waals surface area contributed by atoms with Gasteiger partial charge in [-0.25, -0.2) is 8.42 Å². The highest BCUT2D eigenvalue weighted by molar-refractivity contribution is 7.89. The predicted molar refractivity (Wildman–Crippen MR) is 118 cm³/mol. The van der Waals surface area contributed by atoms with Crippen LogP contribution in [0.4, 0.5) is 0 Å². The largest absolute Gasteiger partial charge is 0.494 e. The SMILES string of the molecule is CCOc1ccc2c(c1)sc(=NC(=O)c1ccc(S(=O)(=O)N(C)C(C)C)cc1)n2C. The molecule has 0 saturated carbocycles. The van der Waals surface area contributed by atoms with Crippen LogP contribution in [-0.4, -0.2) is 42.9 Å². The van der Waals surface area contributed by atoms with Gasteiger partial charge in [0.05, 0.1) is 21.7 Å². The maximum Gasteiger partial charge on any atom is 0.279 e. The minimum Gasteiger partial charge on any atom is -0.494 e. The average Bonchev–Trinajstić information content (AvgIpc) is 3.02. The Bertz CT molecular complexity index is 1240. The van der Waals surface area contributed by atoms with Gasteiger partial charge in [-0.05, 0) is 63.2 Å². The first kappa shape index (κ1) is 22.2. The molecule has 0 radical (unpaired) electrons. The third-order valence-corrected chi connectivity index (χ3v) is 7.94. The highest BCUT2D eigenvalue weighted by Gasteiger charge is 2.23. The number of benzene rings is 2. The lowest BCUT2D eigenvalue weighted by atomic mass is 10.2. The number of nitrogens with zero attached hydrogens (tertiary/aromatic N) is 3. The molecule has 0 atom stereocenters. The lowest BCUT2D eigenvalue weighted by Gasteiger charge is -2.20. The summed E-state index contributed by atoms with van der Waals surface area (Å²) in [7, 11) is -0.211. The standard InChI is InChI=1S/C21H25N3O4S2/c1-6-28-16-9-12-18-19(13-16)29-21(23(18)4)22-20(25)15-7-10-17(11-8-15)30(26,27)24(5)14(2)3/h7-14H,6H2,1-5H3. The molecule has 1 heterocycles. The number of fused-ring (bicyclic) bond motifs is 1. The second-order valence-electron chi connectivity index (χ2n) is 7.06. The van der Waals surface area contributed by atoms with Gasteiger partial charge >= 0.3 is 0 Å². The summed E-state index contributed by atoms with van der Waals surface area (Å²) in [5.41, 5.74) is 1.28. The van der Waals surface area contributed by atoms with E-state index in [1.165, 1.54) is 47.0 Å². The Balaban J connectivity index is 1.92. The lowest BCUT2D eigenvalue weighted by molar-refractivity contribution is 0.0998. The monoisotopic (exact) mass is 447 g/mol. The minimum atomic E-state index is -3.60. The van der Waals surface area contributed by atoms with E-state index in [4.69, 9.17) is 4.74 Å². The Hall–Kier alpha value is -2.49. The van der Waals surface area contributed by atoms with Crippen molar-refractivity contribution in [3.63, 3.8) is 0 Å². The zero-order valence-electron chi connectivity index (χ0n) is 17.6. The maximum atomic E-state index is 12.7. The van der Waals surface area contributed by atoms with Gasteiger partial charge in [-0.2, -0.15) is 9.30 Å². The van der Waals surface area contributed by atoms with E-state index in [1.807, 2.05) is 36.7 Å².